The Balaban J connectivity index is 0.00000312. The van der Waals surface area contributed by atoms with E-state index < -0.39 is 0 Å². The number of nitrogens with two attached hydrogens (primary N) is 1. The number of hydrogen-bond acceptors (Lipinski definition) is 7. The molecule has 8 nitrogen and oxygen atoms in total. The zero-order valence-electron chi connectivity index (χ0n) is 13.7. The number of anilines is 3. The lowest BCUT2D eigenvalue weighted by Gasteiger charge is -2.08. The summed E-state index contributed by atoms with van der Waals surface area (Å²) in [7, 11) is 1.52. The summed E-state index contributed by atoms with van der Waals surface area (Å²) in [6, 6.07) is 6.59. The molecule has 1 heterocycles. The summed E-state index contributed by atoms with van der Waals surface area (Å²) in [6.45, 7) is 1.73. The van der Waals surface area contributed by atoms with Crippen molar-refractivity contribution in [1.29, 1.82) is 0 Å². The van der Waals surface area contributed by atoms with E-state index in [1.165, 1.54) is 18.9 Å². The summed E-state index contributed by atoms with van der Waals surface area (Å²) in [5.41, 5.74) is 6.78. The van der Waals surface area contributed by atoms with Crippen LogP contribution in [0.4, 0.5) is 17.2 Å². The van der Waals surface area contributed by atoms with E-state index in [0.717, 1.165) is 0 Å². The number of aromatic nitrogens is 1. The van der Waals surface area contributed by atoms with Gasteiger partial charge in [-0.2, -0.15) is 0 Å². The van der Waals surface area contributed by atoms with Crippen molar-refractivity contribution in [3.8, 4) is 5.75 Å². The number of nitrogens with zero attached hydrogens (tertiary/aromatic N) is 1. The molecular formula is C15H19ClN4O4S. The monoisotopic (exact) mass is 386 g/mol. The predicted octanol–water partition coefficient (Wildman–Crippen LogP) is 2.31. The Hall–Kier alpha value is -2.39. The van der Waals surface area contributed by atoms with Crippen molar-refractivity contribution in [1.82, 2.24) is 5.16 Å². The molecule has 0 aliphatic carbocycles. The second kappa shape index (κ2) is 9.80. The molecule has 0 saturated heterocycles. The summed E-state index contributed by atoms with van der Waals surface area (Å²) < 4.78 is 9.89. The predicted molar refractivity (Wildman–Crippen MR) is 100 cm³/mol. The van der Waals surface area contributed by atoms with Crippen LogP contribution in [0.25, 0.3) is 0 Å². The number of amides is 2. The average molecular weight is 387 g/mol. The maximum absolute atomic E-state index is 11.9. The van der Waals surface area contributed by atoms with E-state index in [2.05, 4.69) is 15.8 Å². The molecule has 136 valence electrons. The van der Waals surface area contributed by atoms with Crippen LogP contribution in [0, 0.1) is 6.92 Å². The highest BCUT2D eigenvalue weighted by atomic mass is 35.5. The van der Waals surface area contributed by atoms with Gasteiger partial charge in [-0.3, -0.25) is 9.59 Å². The van der Waals surface area contributed by atoms with Crippen molar-refractivity contribution in [2.75, 3.05) is 35.0 Å². The molecular weight excluding hydrogens is 368 g/mol. The molecule has 0 atom stereocenters. The molecule has 0 saturated carbocycles. The van der Waals surface area contributed by atoms with Gasteiger partial charge < -0.3 is 25.6 Å². The number of methoxy groups -OCH3 is 1. The van der Waals surface area contributed by atoms with Gasteiger partial charge in [0, 0.05) is 11.8 Å². The molecule has 0 fully saturated rings. The molecule has 0 spiro atoms. The molecule has 0 radical (unpaired) electrons. The number of carbonyl (C=O) groups excluding carboxylic acids is 2. The maximum Gasteiger partial charge on any atom is 0.235 e. The number of nitrogens with one attached hydrogen (secondary N) is 2. The lowest BCUT2D eigenvalue weighted by Crippen LogP contribution is -2.18. The van der Waals surface area contributed by atoms with Gasteiger partial charge in [0.25, 0.3) is 0 Å². The summed E-state index contributed by atoms with van der Waals surface area (Å²) in [4.78, 5) is 23.6. The Morgan fingerprint density at radius 3 is 2.48 bits per heavy atom. The van der Waals surface area contributed by atoms with E-state index in [-0.39, 0.29) is 35.7 Å². The van der Waals surface area contributed by atoms with Crippen LogP contribution < -0.4 is 21.1 Å². The van der Waals surface area contributed by atoms with Crippen LogP contribution in [0.1, 0.15) is 5.76 Å². The van der Waals surface area contributed by atoms with E-state index in [1.54, 1.807) is 31.2 Å². The van der Waals surface area contributed by atoms with Gasteiger partial charge in [0.15, 0.2) is 5.82 Å². The highest BCUT2D eigenvalue weighted by molar-refractivity contribution is 8.00. The molecule has 25 heavy (non-hydrogen) atoms. The van der Waals surface area contributed by atoms with Crippen LogP contribution in [-0.4, -0.2) is 35.6 Å². The molecule has 0 unspecified atom stereocenters. The van der Waals surface area contributed by atoms with Crippen LogP contribution in [0.15, 0.2) is 28.8 Å². The number of carbonyl (C=O) groups is 2. The highest BCUT2D eigenvalue weighted by Crippen LogP contribution is 2.24. The topological polar surface area (TPSA) is 119 Å². The van der Waals surface area contributed by atoms with Crippen LogP contribution in [0.3, 0.4) is 0 Å². The molecule has 1 aromatic carbocycles. The third-order valence-corrected chi connectivity index (χ3v) is 3.81. The van der Waals surface area contributed by atoms with Crippen molar-refractivity contribution < 1.29 is 18.8 Å². The molecule has 1 aromatic heterocycles. The molecule has 0 aliphatic rings. The third-order valence-electron chi connectivity index (χ3n) is 2.88. The number of hydrogen-bond donors (Lipinski definition) is 3. The fraction of sp³-hybridized carbons (Fsp3) is 0.267. The first-order valence-corrected chi connectivity index (χ1v) is 8.17. The number of benzene rings is 1. The standard InChI is InChI=1S/C15H18N4O4S.ClH/c1-9-5-13(19-23-9)18-15(21)8-24-7-14(20)17-10-3-4-12(22-2)11(16)6-10;/h3-6H,7-8,16H2,1-2H3,(H,17,20)(H,18,19,21);1H. The maximum atomic E-state index is 11.9. The molecule has 0 aliphatic heterocycles. The number of thioether (sulfide) groups is 1. The van der Waals surface area contributed by atoms with E-state index in [1.807, 2.05) is 0 Å². The quantitative estimate of drug-likeness (QED) is 0.624. The normalized spacial score (nSPS) is 9.84. The Bertz CT molecular complexity index is 738. The Kier molecular flexibility index (Phi) is 8.09. The van der Waals surface area contributed by atoms with Crippen molar-refractivity contribution in [2.24, 2.45) is 0 Å². The van der Waals surface area contributed by atoms with Crippen LogP contribution in [-0.2, 0) is 9.59 Å². The van der Waals surface area contributed by atoms with E-state index >= 15 is 0 Å². The second-order valence-electron chi connectivity index (χ2n) is 4.87. The van der Waals surface area contributed by atoms with Gasteiger partial charge in [-0.1, -0.05) is 5.16 Å². The van der Waals surface area contributed by atoms with Crippen molar-refractivity contribution >= 4 is 53.2 Å². The van der Waals surface area contributed by atoms with Crippen molar-refractivity contribution in [3.05, 3.63) is 30.0 Å². The van der Waals surface area contributed by atoms with Gasteiger partial charge in [-0.25, -0.2) is 0 Å². The molecule has 2 amide bonds. The van der Waals surface area contributed by atoms with Gasteiger partial charge in [0.1, 0.15) is 11.5 Å². The van der Waals surface area contributed by atoms with E-state index in [0.29, 0.717) is 28.7 Å². The minimum absolute atomic E-state index is 0. The van der Waals surface area contributed by atoms with Crippen LogP contribution >= 0.6 is 24.2 Å². The van der Waals surface area contributed by atoms with Gasteiger partial charge in [0.2, 0.25) is 11.8 Å². The number of aryl methyl sites for hydroxylation is 1. The molecule has 2 aromatic rings. The van der Waals surface area contributed by atoms with Gasteiger partial charge in [-0.15, -0.1) is 24.2 Å². The minimum atomic E-state index is -0.255. The van der Waals surface area contributed by atoms with Gasteiger partial charge in [0.05, 0.1) is 24.3 Å². The Morgan fingerprint density at radius 1 is 1.24 bits per heavy atom. The Labute approximate surface area is 155 Å². The smallest absolute Gasteiger partial charge is 0.235 e. The number of rotatable bonds is 7. The zero-order chi connectivity index (χ0) is 17.5. The minimum Gasteiger partial charge on any atom is -0.495 e. The highest BCUT2D eigenvalue weighted by Gasteiger charge is 2.09. The summed E-state index contributed by atoms with van der Waals surface area (Å²) in [6.07, 6.45) is 0. The lowest BCUT2D eigenvalue weighted by molar-refractivity contribution is -0.114. The van der Waals surface area contributed by atoms with E-state index in [4.69, 9.17) is 15.0 Å². The summed E-state index contributed by atoms with van der Waals surface area (Å²) >= 11 is 1.19. The summed E-state index contributed by atoms with van der Waals surface area (Å²) in [5.74, 6) is 1.29. The van der Waals surface area contributed by atoms with E-state index in [9.17, 15) is 9.59 Å². The molecule has 10 heteroatoms. The van der Waals surface area contributed by atoms with Gasteiger partial charge in [-0.05, 0) is 25.1 Å². The molecule has 0 bridgehead atoms. The third kappa shape index (κ3) is 6.55. The first-order valence-electron chi connectivity index (χ1n) is 7.02. The number of nitrogen functional groups attached to an aromatic ring is 1. The van der Waals surface area contributed by atoms with Crippen molar-refractivity contribution in [2.45, 2.75) is 6.92 Å². The van der Waals surface area contributed by atoms with Crippen molar-refractivity contribution in [3.63, 3.8) is 0 Å². The zero-order valence-corrected chi connectivity index (χ0v) is 15.3. The lowest BCUT2D eigenvalue weighted by atomic mass is 10.2. The number of ether oxygens (including phenoxy) is 1. The molecule has 4 N–H and O–H groups in total. The largest absolute Gasteiger partial charge is 0.495 e. The first-order chi connectivity index (χ1) is 11.5. The molecule has 2 rings (SSSR count). The number of halogens is 1. The first kappa shape index (κ1) is 20.7. The SMILES string of the molecule is COc1ccc(NC(=O)CSCC(=O)Nc2cc(C)on2)cc1N.Cl. The average Bonchev–Trinajstić information content (AvgIpc) is 2.92. The van der Waals surface area contributed by atoms with Gasteiger partial charge >= 0.3 is 0 Å². The summed E-state index contributed by atoms with van der Waals surface area (Å²) in [5, 5.41) is 8.95. The fourth-order valence-corrected chi connectivity index (χ4v) is 2.47. The Morgan fingerprint density at radius 2 is 1.92 bits per heavy atom. The van der Waals surface area contributed by atoms with Crippen LogP contribution in [0.5, 0.6) is 5.75 Å². The second-order valence-corrected chi connectivity index (χ2v) is 5.85. The fourth-order valence-electron chi connectivity index (χ4n) is 1.85. The van der Waals surface area contributed by atoms with Crippen LogP contribution in [0.2, 0.25) is 0 Å².